The molecule has 1 rings (SSSR count). The lowest BCUT2D eigenvalue weighted by Gasteiger charge is -2.13. The lowest BCUT2D eigenvalue weighted by Crippen LogP contribution is -2.13. The van der Waals surface area contributed by atoms with E-state index in [1.807, 2.05) is 0 Å². The van der Waals surface area contributed by atoms with Gasteiger partial charge >= 0.3 is 6.18 Å². The fraction of sp³-hybridized carbons (Fsp3) is 0.273. The third-order valence-electron chi connectivity index (χ3n) is 2.14. The summed E-state index contributed by atoms with van der Waals surface area (Å²) in [6.07, 6.45) is -2.83. The van der Waals surface area contributed by atoms with Crippen molar-refractivity contribution in [3.63, 3.8) is 0 Å². The van der Waals surface area contributed by atoms with E-state index in [-0.39, 0.29) is 12.0 Å². The van der Waals surface area contributed by atoms with Gasteiger partial charge in [0.05, 0.1) is 5.56 Å². The minimum Gasteiger partial charge on any atom is -0.324 e. The number of benzene rings is 1. The highest BCUT2D eigenvalue weighted by Crippen LogP contribution is 2.31. The van der Waals surface area contributed by atoms with Crippen molar-refractivity contribution in [1.29, 1.82) is 0 Å². The molecule has 1 nitrogen and oxygen atoms in total. The first-order valence-corrected chi connectivity index (χ1v) is 4.59. The van der Waals surface area contributed by atoms with Gasteiger partial charge in [-0.2, -0.15) is 13.2 Å². The zero-order valence-electron chi connectivity index (χ0n) is 8.39. The van der Waals surface area contributed by atoms with Crippen LogP contribution in [0.5, 0.6) is 0 Å². The van der Waals surface area contributed by atoms with Crippen molar-refractivity contribution >= 4 is 0 Å². The molecular formula is C11H11F4N. The molecule has 0 bridgehead atoms. The smallest absolute Gasteiger partial charge is 0.324 e. The second kappa shape index (κ2) is 4.65. The lowest BCUT2D eigenvalue weighted by molar-refractivity contribution is -0.137. The molecule has 0 amide bonds. The molecule has 88 valence electrons. The molecule has 0 unspecified atom stereocenters. The molecular weight excluding hydrogens is 222 g/mol. The number of halogens is 4. The summed E-state index contributed by atoms with van der Waals surface area (Å²) in [6, 6.07) is 1.41. The fourth-order valence-corrected chi connectivity index (χ4v) is 1.31. The zero-order chi connectivity index (χ0) is 12.3. The molecule has 0 saturated heterocycles. The normalized spacial score (nSPS) is 13.6. The molecule has 0 aliphatic carbocycles. The summed E-state index contributed by atoms with van der Waals surface area (Å²) < 4.78 is 50.3. The van der Waals surface area contributed by atoms with Gasteiger partial charge in [0.15, 0.2) is 0 Å². The Balaban J connectivity index is 3.13. The highest BCUT2D eigenvalue weighted by Gasteiger charge is 2.31. The molecule has 16 heavy (non-hydrogen) atoms. The van der Waals surface area contributed by atoms with Crippen molar-refractivity contribution in [2.45, 2.75) is 18.6 Å². The van der Waals surface area contributed by atoms with Crippen LogP contribution in [0.2, 0.25) is 0 Å². The average molecular weight is 233 g/mol. The van der Waals surface area contributed by atoms with Crippen molar-refractivity contribution in [1.82, 2.24) is 0 Å². The van der Waals surface area contributed by atoms with Gasteiger partial charge in [-0.25, -0.2) is 4.39 Å². The summed E-state index contributed by atoms with van der Waals surface area (Å²) in [5, 5.41) is 0. The van der Waals surface area contributed by atoms with Gasteiger partial charge in [-0.1, -0.05) is 6.08 Å². The van der Waals surface area contributed by atoms with E-state index >= 15 is 0 Å². The van der Waals surface area contributed by atoms with Gasteiger partial charge in [0.25, 0.3) is 0 Å². The highest BCUT2D eigenvalue weighted by molar-refractivity contribution is 5.29. The summed E-state index contributed by atoms with van der Waals surface area (Å²) >= 11 is 0. The minimum atomic E-state index is -4.49. The Labute approximate surface area is 90.6 Å². The Morgan fingerprint density at radius 3 is 2.50 bits per heavy atom. The SMILES string of the molecule is C=CC[C@H](N)c1cc(C(F)(F)F)ccc1F. The Morgan fingerprint density at radius 1 is 1.38 bits per heavy atom. The maximum Gasteiger partial charge on any atom is 0.416 e. The summed E-state index contributed by atoms with van der Waals surface area (Å²) in [4.78, 5) is 0. The second-order valence-corrected chi connectivity index (χ2v) is 3.36. The predicted octanol–water partition coefficient (Wildman–Crippen LogP) is 3.42. The van der Waals surface area contributed by atoms with Crippen LogP contribution >= 0.6 is 0 Å². The van der Waals surface area contributed by atoms with Crippen molar-refractivity contribution in [3.05, 3.63) is 47.8 Å². The van der Waals surface area contributed by atoms with Crippen molar-refractivity contribution in [2.75, 3.05) is 0 Å². The number of hydrogen-bond acceptors (Lipinski definition) is 1. The van der Waals surface area contributed by atoms with Crippen molar-refractivity contribution in [2.24, 2.45) is 5.73 Å². The van der Waals surface area contributed by atoms with Crippen LogP contribution in [0.15, 0.2) is 30.9 Å². The first-order valence-electron chi connectivity index (χ1n) is 4.59. The van der Waals surface area contributed by atoms with E-state index in [1.165, 1.54) is 6.08 Å². The standard InChI is InChI=1S/C11H11F4N/c1-2-3-10(16)8-6-7(11(13,14)15)4-5-9(8)12/h2,4-6,10H,1,3,16H2/t10-/m0/s1. The van der Waals surface area contributed by atoms with E-state index in [2.05, 4.69) is 6.58 Å². The third-order valence-corrected chi connectivity index (χ3v) is 2.14. The molecule has 0 saturated carbocycles. The van der Waals surface area contributed by atoms with Crippen LogP contribution in [0.4, 0.5) is 17.6 Å². The molecule has 0 spiro atoms. The first kappa shape index (κ1) is 12.7. The molecule has 2 N–H and O–H groups in total. The van der Waals surface area contributed by atoms with Crippen molar-refractivity contribution in [3.8, 4) is 0 Å². The van der Waals surface area contributed by atoms with E-state index < -0.39 is 23.6 Å². The molecule has 0 aliphatic heterocycles. The highest BCUT2D eigenvalue weighted by atomic mass is 19.4. The van der Waals surface area contributed by atoms with E-state index in [9.17, 15) is 17.6 Å². The van der Waals surface area contributed by atoms with Crippen LogP contribution in [0, 0.1) is 5.82 Å². The molecule has 1 aromatic rings. The summed E-state index contributed by atoms with van der Waals surface area (Å²) in [6.45, 7) is 3.40. The quantitative estimate of drug-likeness (QED) is 0.628. The van der Waals surface area contributed by atoms with Gasteiger partial charge in [-0.15, -0.1) is 6.58 Å². The van der Waals surface area contributed by atoms with Gasteiger partial charge in [0.1, 0.15) is 5.82 Å². The number of hydrogen-bond donors (Lipinski definition) is 1. The Hall–Kier alpha value is -1.36. The maximum atomic E-state index is 13.2. The molecule has 0 fully saturated rings. The van der Waals surface area contributed by atoms with Crippen LogP contribution in [0.1, 0.15) is 23.6 Å². The van der Waals surface area contributed by atoms with Crippen molar-refractivity contribution < 1.29 is 17.6 Å². The molecule has 0 heterocycles. The molecule has 1 atom stereocenters. The summed E-state index contributed by atoms with van der Waals surface area (Å²) in [5.74, 6) is -0.734. The number of nitrogens with two attached hydrogens (primary N) is 1. The van der Waals surface area contributed by atoms with E-state index in [4.69, 9.17) is 5.73 Å². The van der Waals surface area contributed by atoms with Gasteiger partial charge in [0, 0.05) is 11.6 Å². The fourth-order valence-electron chi connectivity index (χ4n) is 1.31. The molecule has 0 aromatic heterocycles. The Bertz CT molecular complexity index is 384. The second-order valence-electron chi connectivity index (χ2n) is 3.36. The molecule has 0 radical (unpaired) electrons. The van der Waals surface area contributed by atoms with Gasteiger partial charge < -0.3 is 5.73 Å². The Morgan fingerprint density at radius 2 is 2.00 bits per heavy atom. The molecule has 1 aromatic carbocycles. The van der Waals surface area contributed by atoms with E-state index in [0.29, 0.717) is 6.07 Å². The lowest BCUT2D eigenvalue weighted by atomic mass is 10.0. The summed E-state index contributed by atoms with van der Waals surface area (Å²) in [5.41, 5.74) is 4.50. The third kappa shape index (κ3) is 2.82. The van der Waals surface area contributed by atoms with Gasteiger partial charge in [-0.3, -0.25) is 0 Å². The zero-order valence-corrected chi connectivity index (χ0v) is 8.39. The topological polar surface area (TPSA) is 26.0 Å². The van der Waals surface area contributed by atoms with E-state index in [1.54, 1.807) is 0 Å². The average Bonchev–Trinajstić information content (AvgIpc) is 2.16. The minimum absolute atomic E-state index is 0.144. The number of alkyl halides is 3. The van der Waals surface area contributed by atoms with Crippen LogP contribution in [-0.2, 0) is 6.18 Å². The van der Waals surface area contributed by atoms with Crippen LogP contribution in [0.25, 0.3) is 0 Å². The van der Waals surface area contributed by atoms with Crippen LogP contribution < -0.4 is 5.73 Å². The van der Waals surface area contributed by atoms with E-state index in [0.717, 1.165) is 12.1 Å². The van der Waals surface area contributed by atoms with Gasteiger partial charge in [-0.05, 0) is 24.6 Å². The molecule has 5 heteroatoms. The monoisotopic (exact) mass is 233 g/mol. The maximum absolute atomic E-state index is 13.2. The Kier molecular flexibility index (Phi) is 3.70. The van der Waals surface area contributed by atoms with Crippen LogP contribution in [-0.4, -0.2) is 0 Å². The predicted molar refractivity (Wildman–Crippen MR) is 53.1 cm³/mol. The largest absolute Gasteiger partial charge is 0.416 e. The first-order chi connectivity index (χ1) is 7.36. The van der Waals surface area contributed by atoms with Crippen LogP contribution in [0.3, 0.4) is 0 Å². The number of rotatable bonds is 3. The summed E-state index contributed by atoms with van der Waals surface area (Å²) in [7, 11) is 0. The molecule has 0 aliphatic rings. The van der Waals surface area contributed by atoms with Gasteiger partial charge in [0.2, 0.25) is 0 Å².